The first-order valence-electron chi connectivity index (χ1n) is 33.9. The molecule has 460 valence electrons. The molecule has 0 saturated carbocycles. The summed E-state index contributed by atoms with van der Waals surface area (Å²) in [5, 5.41) is 7.29. The van der Waals surface area contributed by atoms with Crippen molar-refractivity contribution in [2.45, 2.75) is 24.7 Å². The maximum atomic E-state index is 7.24. The second-order valence-electron chi connectivity index (χ2n) is 27.0. The van der Waals surface area contributed by atoms with Gasteiger partial charge in [-0.15, -0.1) is 11.3 Å². The third kappa shape index (κ3) is 8.35. The van der Waals surface area contributed by atoms with Gasteiger partial charge in [0.15, 0.2) is 0 Å². The van der Waals surface area contributed by atoms with Gasteiger partial charge in [0.25, 0.3) is 0 Å². The third-order valence-electron chi connectivity index (χ3n) is 21.5. The lowest BCUT2D eigenvalue weighted by Gasteiger charge is -2.34. The van der Waals surface area contributed by atoms with Gasteiger partial charge in [0.05, 0.1) is 16.4 Å². The van der Waals surface area contributed by atoms with Crippen molar-refractivity contribution >= 4 is 92.3 Å². The molecule has 0 N–H and O–H groups in total. The van der Waals surface area contributed by atoms with Crippen molar-refractivity contribution in [3.05, 3.63) is 373 Å². The Labute approximate surface area is 572 Å². The van der Waals surface area contributed by atoms with E-state index in [0.29, 0.717) is 0 Å². The van der Waals surface area contributed by atoms with Crippen molar-refractivity contribution in [2.24, 2.45) is 0 Å². The van der Waals surface area contributed by atoms with Crippen LogP contribution in [0.5, 0.6) is 0 Å². The van der Waals surface area contributed by atoms with Gasteiger partial charge in [0.2, 0.25) is 0 Å². The van der Waals surface area contributed by atoms with Crippen molar-refractivity contribution in [3.63, 3.8) is 0 Å². The number of para-hydroxylation sites is 4. The van der Waals surface area contributed by atoms with Gasteiger partial charge in [-0.25, -0.2) is 0 Å². The van der Waals surface area contributed by atoms with Gasteiger partial charge in [-0.3, -0.25) is 0 Å². The first-order chi connectivity index (χ1) is 48.3. The highest BCUT2D eigenvalue weighted by Crippen LogP contribution is 2.57. The molecule has 0 radical (unpaired) electrons. The summed E-state index contributed by atoms with van der Waals surface area (Å²) < 4.78 is 12.3. The van der Waals surface area contributed by atoms with Gasteiger partial charge in [0, 0.05) is 81.0 Å². The van der Waals surface area contributed by atoms with Crippen LogP contribution in [0.15, 0.2) is 344 Å². The zero-order chi connectivity index (χ0) is 64.8. The Balaban J connectivity index is 0.658. The Hall–Kier alpha value is -12.1. The Morgan fingerprint density at radius 2 is 0.745 bits per heavy atom. The molecule has 0 bridgehead atoms. The van der Waals surface area contributed by atoms with Crippen LogP contribution in [0.1, 0.15) is 47.2 Å². The molecule has 3 nitrogen and oxygen atoms in total. The largest absolute Gasteiger partial charge is 0.455 e. The number of hydrogen-bond acceptors (Lipinski definition) is 3. The van der Waals surface area contributed by atoms with Crippen molar-refractivity contribution in [3.8, 4) is 72.4 Å². The summed E-state index contributed by atoms with van der Waals surface area (Å²) in [6.07, 6.45) is 0. The monoisotopic (exact) mass is 1270 g/mol. The summed E-state index contributed by atoms with van der Waals surface area (Å²) in [5.74, 6) is 0. The van der Waals surface area contributed by atoms with Crippen LogP contribution in [0, 0.1) is 0 Å². The molecule has 0 fully saturated rings. The summed E-state index contributed by atoms with van der Waals surface area (Å²) >= 11 is 1.88. The lowest BCUT2D eigenvalue weighted by molar-refractivity contribution is 0.660. The fourth-order valence-electron chi connectivity index (χ4n) is 17.0. The lowest BCUT2D eigenvalue weighted by Crippen LogP contribution is -2.28. The van der Waals surface area contributed by atoms with E-state index in [1.807, 2.05) is 11.3 Å². The molecule has 0 spiro atoms. The third-order valence-corrected chi connectivity index (χ3v) is 22.8. The predicted octanol–water partition coefficient (Wildman–Crippen LogP) is 25.9. The molecule has 98 heavy (non-hydrogen) atoms. The zero-order valence-electron chi connectivity index (χ0n) is 54.0. The van der Waals surface area contributed by atoms with Crippen LogP contribution in [0.25, 0.3) is 136 Å². The number of nitrogens with zero attached hydrogens (tertiary/aromatic N) is 2. The minimum Gasteiger partial charge on any atom is -0.455 e. The van der Waals surface area contributed by atoms with Crippen LogP contribution in [0.3, 0.4) is 0 Å². The summed E-state index contributed by atoms with van der Waals surface area (Å²) in [6.45, 7) is 4.72. The SMILES string of the molecule is CC1(C)c2ccccc2-c2ccc(N(c3ccc(-c4ccc5c(c4)c4ccccc4n5-c4ccccc4)cc3)c3ccc(-c4cccc5c4oc4c(-c6ccc(C7(c8ccc(-c9cccc%10c9sc9ccccc9%10)cc8)c8ccccc8-c8ccccc87)cc6)cccc45)cc3)cc21. The maximum Gasteiger partial charge on any atom is 0.143 e. The number of rotatable bonds is 10. The molecule has 0 aliphatic heterocycles. The van der Waals surface area contributed by atoms with Gasteiger partial charge < -0.3 is 13.9 Å². The molecular weight excluding hydrogens is 1210 g/mol. The van der Waals surface area contributed by atoms with Gasteiger partial charge in [-0.2, -0.15) is 0 Å². The molecule has 2 aliphatic carbocycles. The zero-order valence-corrected chi connectivity index (χ0v) is 54.9. The second kappa shape index (κ2) is 21.7. The highest BCUT2D eigenvalue weighted by molar-refractivity contribution is 7.26. The molecule has 3 aromatic heterocycles. The predicted molar refractivity (Wildman–Crippen MR) is 412 cm³/mol. The number of aromatic nitrogens is 1. The molecule has 0 amide bonds. The smallest absolute Gasteiger partial charge is 0.143 e. The normalized spacial score (nSPS) is 13.4. The van der Waals surface area contributed by atoms with Gasteiger partial charge in [0.1, 0.15) is 11.2 Å². The van der Waals surface area contributed by atoms with E-state index in [1.165, 1.54) is 114 Å². The van der Waals surface area contributed by atoms with E-state index < -0.39 is 5.41 Å². The average molecular weight is 1270 g/mol. The van der Waals surface area contributed by atoms with Crippen molar-refractivity contribution in [1.82, 2.24) is 4.57 Å². The van der Waals surface area contributed by atoms with E-state index in [0.717, 1.165) is 72.5 Å². The minimum absolute atomic E-state index is 0.164. The molecule has 15 aromatic carbocycles. The molecule has 0 saturated heterocycles. The molecule has 18 aromatic rings. The summed E-state index contributed by atoms with van der Waals surface area (Å²) in [6, 6.07) is 126. The first-order valence-corrected chi connectivity index (χ1v) is 34.8. The molecule has 2 aliphatic rings. The van der Waals surface area contributed by atoms with Crippen LogP contribution in [-0.2, 0) is 10.8 Å². The number of furan rings is 1. The van der Waals surface area contributed by atoms with Crippen molar-refractivity contribution in [2.75, 3.05) is 4.90 Å². The number of fused-ring (bicyclic) bond motifs is 15. The highest BCUT2D eigenvalue weighted by Gasteiger charge is 2.46. The van der Waals surface area contributed by atoms with E-state index in [-0.39, 0.29) is 5.41 Å². The van der Waals surface area contributed by atoms with E-state index >= 15 is 0 Å². The maximum absolute atomic E-state index is 7.24. The van der Waals surface area contributed by atoms with Crippen molar-refractivity contribution in [1.29, 1.82) is 0 Å². The van der Waals surface area contributed by atoms with Gasteiger partial charge >= 0.3 is 0 Å². The quantitative estimate of drug-likeness (QED) is 0.136. The fraction of sp³-hybridized carbons (Fsp3) is 0.0426. The summed E-state index contributed by atoms with van der Waals surface area (Å²) in [7, 11) is 0. The fourth-order valence-corrected chi connectivity index (χ4v) is 18.2. The minimum atomic E-state index is -0.556. The molecular formula is C94H62N2OS. The van der Waals surface area contributed by atoms with Crippen LogP contribution in [0.2, 0.25) is 0 Å². The molecule has 0 atom stereocenters. The number of thiophene rings is 1. The van der Waals surface area contributed by atoms with Crippen LogP contribution < -0.4 is 4.90 Å². The van der Waals surface area contributed by atoms with Crippen LogP contribution in [-0.4, -0.2) is 4.57 Å². The van der Waals surface area contributed by atoms with E-state index in [9.17, 15) is 0 Å². The van der Waals surface area contributed by atoms with E-state index in [4.69, 9.17) is 4.42 Å². The van der Waals surface area contributed by atoms with Gasteiger partial charge in [-0.05, 0) is 162 Å². The summed E-state index contributed by atoms with van der Waals surface area (Å²) in [5.41, 5.74) is 29.9. The molecule has 0 unspecified atom stereocenters. The van der Waals surface area contributed by atoms with Crippen LogP contribution in [0.4, 0.5) is 17.1 Å². The van der Waals surface area contributed by atoms with E-state index in [2.05, 4.69) is 363 Å². The second-order valence-corrected chi connectivity index (χ2v) is 28.0. The number of anilines is 3. The Morgan fingerprint density at radius 1 is 0.296 bits per heavy atom. The van der Waals surface area contributed by atoms with Crippen LogP contribution >= 0.6 is 11.3 Å². The van der Waals surface area contributed by atoms with Crippen molar-refractivity contribution < 1.29 is 4.42 Å². The Morgan fingerprint density at radius 3 is 1.39 bits per heavy atom. The first kappa shape index (κ1) is 56.3. The topological polar surface area (TPSA) is 21.3 Å². The number of hydrogen-bond donors (Lipinski definition) is 0. The highest BCUT2D eigenvalue weighted by atomic mass is 32.1. The Kier molecular flexibility index (Phi) is 12.5. The average Bonchev–Trinajstić information content (AvgIpc) is 1.53. The standard InChI is InChI=1S/C94H62N2OS/c1-93(2)83-32-11-6-21-73(83)76-55-54-69(58-86(76)93)95(67-50-41-59(42-51-67)63-45-56-88-82(57-63)77-24-9-14-35-87(77)96(88)66-19-4-3-5-20-66)68-52-43-61(44-53-68)71-27-17-30-80-79-29-16-26-70(90(79)97-91(71)80)60-37-46-64(47-38-60)94(84-33-12-7-22-74(84)75-23-8-13-34-85(75)94)65-48-39-62(40-49-65)72-28-18-31-81-78-25-10-15-36-89(78)98-92(72)81/h3-58H,1-2H3. The lowest BCUT2D eigenvalue weighted by atomic mass is 9.67. The molecule has 3 heterocycles. The molecule has 4 heteroatoms. The number of benzene rings is 15. The van der Waals surface area contributed by atoms with E-state index in [1.54, 1.807) is 0 Å². The van der Waals surface area contributed by atoms with Gasteiger partial charge in [-0.1, -0.05) is 281 Å². The summed E-state index contributed by atoms with van der Waals surface area (Å²) in [4.78, 5) is 2.42. The Bertz CT molecular complexity index is 6200. The molecule has 20 rings (SSSR count).